The van der Waals surface area contributed by atoms with Gasteiger partial charge in [0.1, 0.15) is 24.2 Å². The second kappa shape index (κ2) is 5.01. The molecule has 0 fully saturated rings. The molecule has 0 unspecified atom stereocenters. The van der Waals surface area contributed by atoms with Crippen LogP contribution in [0.3, 0.4) is 0 Å². The molecule has 94 valence electrons. The topological polar surface area (TPSA) is 86.0 Å². The summed E-state index contributed by atoms with van der Waals surface area (Å²) in [5.74, 6) is -0.192. The number of rotatable bonds is 2. The molecule has 1 rings (SSSR count). The third kappa shape index (κ3) is 4.28. The van der Waals surface area contributed by atoms with Crippen LogP contribution >= 0.6 is 0 Å². The molecule has 0 aliphatic rings. The van der Waals surface area contributed by atoms with E-state index in [0.29, 0.717) is 0 Å². The first-order valence-corrected chi connectivity index (χ1v) is 4.95. The zero-order valence-corrected chi connectivity index (χ0v) is 9.85. The summed E-state index contributed by atoms with van der Waals surface area (Å²) in [6.07, 6.45) is -0.0285. The Morgan fingerprint density at radius 1 is 1.47 bits per heavy atom. The van der Waals surface area contributed by atoms with Gasteiger partial charge in [0.25, 0.3) is 0 Å². The van der Waals surface area contributed by atoms with Crippen LogP contribution in [-0.4, -0.2) is 16.9 Å². The van der Waals surface area contributed by atoms with E-state index in [-0.39, 0.29) is 11.5 Å². The van der Waals surface area contributed by atoms with Crippen molar-refractivity contribution in [2.45, 2.75) is 33.0 Å². The lowest BCUT2D eigenvalue weighted by Crippen LogP contribution is -2.27. The Bertz CT molecular complexity index is 454. The van der Waals surface area contributed by atoms with Crippen LogP contribution in [0.4, 0.5) is 4.79 Å². The first kappa shape index (κ1) is 13.2. The maximum Gasteiger partial charge on any atom is 0.514 e. The largest absolute Gasteiger partial charge is 0.514 e. The zero-order chi connectivity index (χ0) is 13.1. The van der Waals surface area contributed by atoms with Crippen LogP contribution in [0.15, 0.2) is 21.5 Å². The average molecular weight is 242 g/mol. The first-order chi connectivity index (χ1) is 7.81. The van der Waals surface area contributed by atoms with E-state index in [9.17, 15) is 9.59 Å². The van der Waals surface area contributed by atoms with Crippen molar-refractivity contribution in [1.29, 1.82) is 0 Å². The summed E-state index contributed by atoms with van der Waals surface area (Å²) in [6, 6.07) is 1.04. The van der Waals surface area contributed by atoms with Gasteiger partial charge in [0, 0.05) is 6.07 Å². The third-order valence-corrected chi connectivity index (χ3v) is 1.59. The van der Waals surface area contributed by atoms with Crippen molar-refractivity contribution in [2.75, 3.05) is 0 Å². The minimum absolute atomic E-state index is 0.0894. The fourth-order valence-electron chi connectivity index (χ4n) is 0.957. The lowest BCUT2D eigenvalue weighted by Gasteiger charge is -2.18. The molecular formula is C11H14O6. The molecular weight excluding hydrogens is 228 g/mol. The molecule has 0 spiro atoms. The van der Waals surface area contributed by atoms with Crippen molar-refractivity contribution in [3.63, 3.8) is 0 Å². The number of ether oxygens (including phenoxy) is 2. The normalized spacial score (nSPS) is 11.1. The lowest BCUT2D eigenvalue weighted by molar-refractivity contribution is 0.0199. The smallest absolute Gasteiger partial charge is 0.463 e. The molecule has 1 aromatic rings. The van der Waals surface area contributed by atoms with Crippen molar-refractivity contribution in [3.05, 3.63) is 28.3 Å². The van der Waals surface area contributed by atoms with Gasteiger partial charge in [0.15, 0.2) is 0 Å². The molecule has 0 aliphatic carbocycles. The molecule has 0 aromatic carbocycles. The Balaban J connectivity index is 2.76. The highest BCUT2D eigenvalue weighted by atomic mass is 16.7. The Labute approximate surface area is 97.8 Å². The Hall–Kier alpha value is -1.82. The molecule has 0 bridgehead atoms. The molecule has 0 saturated heterocycles. The van der Waals surface area contributed by atoms with Crippen LogP contribution in [0.2, 0.25) is 0 Å². The highest BCUT2D eigenvalue weighted by Crippen LogP contribution is 2.11. The molecule has 1 N–H and O–H groups in total. The second-order valence-electron chi connectivity index (χ2n) is 4.30. The third-order valence-electron chi connectivity index (χ3n) is 1.59. The molecule has 0 radical (unpaired) electrons. The molecule has 6 heteroatoms. The zero-order valence-electron chi connectivity index (χ0n) is 9.85. The van der Waals surface area contributed by atoms with Gasteiger partial charge in [0.05, 0.1) is 0 Å². The standard InChI is InChI=1S/C11H14O6/c1-11(2,3)17-10(14)16-9-6-15-7(5-12)4-8(9)13/h4,6,12H,5H2,1-3H3. The van der Waals surface area contributed by atoms with Gasteiger partial charge in [-0.05, 0) is 20.8 Å². The number of carbonyl (C=O) groups is 1. The van der Waals surface area contributed by atoms with Crippen molar-refractivity contribution in [3.8, 4) is 5.75 Å². The van der Waals surface area contributed by atoms with Gasteiger partial charge < -0.3 is 19.0 Å². The molecule has 0 atom stereocenters. The number of hydrogen-bond donors (Lipinski definition) is 1. The predicted octanol–water partition coefficient (Wildman–Crippen LogP) is 1.45. The SMILES string of the molecule is CC(C)(C)OC(=O)Oc1coc(CO)cc1=O. The van der Waals surface area contributed by atoms with E-state index in [0.717, 1.165) is 12.3 Å². The van der Waals surface area contributed by atoms with Gasteiger partial charge in [-0.25, -0.2) is 4.79 Å². The maximum absolute atomic E-state index is 11.4. The van der Waals surface area contributed by atoms with Crippen LogP contribution in [0.1, 0.15) is 26.5 Å². The lowest BCUT2D eigenvalue weighted by atomic mass is 10.2. The van der Waals surface area contributed by atoms with E-state index in [1.165, 1.54) is 0 Å². The van der Waals surface area contributed by atoms with E-state index in [1.807, 2.05) is 0 Å². The van der Waals surface area contributed by atoms with E-state index >= 15 is 0 Å². The number of aliphatic hydroxyl groups is 1. The fraction of sp³-hybridized carbons (Fsp3) is 0.455. The van der Waals surface area contributed by atoms with Gasteiger partial charge in [-0.2, -0.15) is 0 Å². The monoisotopic (exact) mass is 242 g/mol. The van der Waals surface area contributed by atoms with Crippen LogP contribution < -0.4 is 10.2 Å². The highest BCUT2D eigenvalue weighted by molar-refractivity contribution is 5.63. The summed E-state index contributed by atoms with van der Waals surface area (Å²) in [5.41, 5.74) is -1.27. The minimum Gasteiger partial charge on any atom is -0.463 e. The molecule has 0 saturated carbocycles. The molecule has 6 nitrogen and oxygen atoms in total. The molecule has 17 heavy (non-hydrogen) atoms. The van der Waals surface area contributed by atoms with E-state index in [4.69, 9.17) is 14.3 Å². The second-order valence-corrected chi connectivity index (χ2v) is 4.30. The summed E-state index contributed by atoms with van der Waals surface area (Å²) in [4.78, 5) is 22.7. The molecule has 0 amide bonds. The summed E-state index contributed by atoms with van der Waals surface area (Å²) in [5, 5.41) is 8.72. The van der Waals surface area contributed by atoms with Crippen molar-refractivity contribution >= 4 is 6.16 Å². The minimum atomic E-state index is -0.985. The van der Waals surface area contributed by atoms with Gasteiger partial charge in [-0.3, -0.25) is 4.79 Å². The number of carbonyl (C=O) groups excluding carboxylic acids is 1. The summed E-state index contributed by atoms with van der Waals surface area (Å²) in [7, 11) is 0. The summed E-state index contributed by atoms with van der Waals surface area (Å²) in [6.45, 7) is 4.62. The van der Waals surface area contributed by atoms with Crippen molar-refractivity contribution in [2.24, 2.45) is 0 Å². The number of aliphatic hydroxyl groups excluding tert-OH is 1. The van der Waals surface area contributed by atoms with E-state index in [2.05, 4.69) is 4.74 Å². The molecule has 0 aliphatic heterocycles. The summed E-state index contributed by atoms with van der Waals surface area (Å²) >= 11 is 0. The van der Waals surface area contributed by atoms with E-state index in [1.54, 1.807) is 20.8 Å². The van der Waals surface area contributed by atoms with Gasteiger partial charge in [-0.1, -0.05) is 0 Å². The van der Waals surface area contributed by atoms with Crippen molar-refractivity contribution < 1.29 is 23.8 Å². The molecule has 1 heterocycles. The molecule has 1 aromatic heterocycles. The first-order valence-electron chi connectivity index (χ1n) is 4.95. The van der Waals surface area contributed by atoms with Crippen LogP contribution in [-0.2, 0) is 11.3 Å². The van der Waals surface area contributed by atoms with Crippen LogP contribution in [0.5, 0.6) is 5.75 Å². The van der Waals surface area contributed by atoms with Gasteiger partial charge in [0.2, 0.25) is 11.2 Å². The Morgan fingerprint density at radius 2 is 2.12 bits per heavy atom. The van der Waals surface area contributed by atoms with Crippen molar-refractivity contribution in [1.82, 2.24) is 0 Å². The Kier molecular flexibility index (Phi) is 3.90. The van der Waals surface area contributed by atoms with Gasteiger partial charge >= 0.3 is 6.16 Å². The van der Waals surface area contributed by atoms with Gasteiger partial charge in [-0.15, -0.1) is 0 Å². The number of hydrogen-bond acceptors (Lipinski definition) is 6. The van der Waals surface area contributed by atoms with Crippen LogP contribution in [0.25, 0.3) is 0 Å². The quantitative estimate of drug-likeness (QED) is 0.790. The van der Waals surface area contributed by atoms with Crippen LogP contribution in [0, 0.1) is 0 Å². The average Bonchev–Trinajstić information content (AvgIpc) is 2.18. The fourth-order valence-corrected chi connectivity index (χ4v) is 0.957. The predicted molar refractivity (Wildman–Crippen MR) is 57.8 cm³/mol. The highest BCUT2D eigenvalue weighted by Gasteiger charge is 2.19. The summed E-state index contributed by atoms with van der Waals surface area (Å²) < 4.78 is 14.4. The Morgan fingerprint density at radius 3 is 2.59 bits per heavy atom. The van der Waals surface area contributed by atoms with E-state index < -0.39 is 23.8 Å². The maximum atomic E-state index is 11.4.